The van der Waals surface area contributed by atoms with Gasteiger partial charge in [0, 0.05) is 35.8 Å². The third-order valence-corrected chi connectivity index (χ3v) is 10.5. The minimum absolute atomic E-state index is 0.0221. The number of likely N-dealkylation sites (tertiary alicyclic amines) is 1. The highest BCUT2D eigenvalue weighted by Gasteiger charge is 2.73. The first-order valence-corrected chi connectivity index (χ1v) is 15.3. The summed E-state index contributed by atoms with van der Waals surface area (Å²) in [5.74, 6) is 1.59. The summed E-state index contributed by atoms with van der Waals surface area (Å²) in [4.78, 5) is 18.4. The van der Waals surface area contributed by atoms with E-state index in [1.54, 1.807) is 12.1 Å². The number of nitrogens with zero attached hydrogens (tertiary/aromatic N) is 2. The lowest BCUT2D eigenvalue weighted by atomic mass is 9.48. The summed E-state index contributed by atoms with van der Waals surface area (Å²) in [5, 5.41) is 24.4. The predicted octanol–water partition coefficient (Wildman–Crippen LogP) is 5.18. The molecule has 2 aromatic carbocycles. The Hall–Kier alpha value is -2.54. The first kappa shape index (κ1) is 26.4. The lowest BCUT2D eigenvalue weighted by Gasteiger charge is -2.65. The van der Waals surface area contributed by atoms with Crippen LogP contribution in [-0.4, -0.2) is 69.3 Å². The molecule has 1 saturated heterocycles. The molecule has 5 aliphatic rings. The molecule has 1 spiro atoms. The van der Waals surface area contributed by atoms with Gasteiger partial charge in [-0.3, -0.25) is 9.69 Å². The first-order chi connectivity index (χ1) is 19.2. The van der Waals surface area contributed by atoms with E-state index in [1.807, 2.05) is 41.3 Å². The SMILES string of the molecule is CC(C)CN(C(=O)C=Cc1cccc(Cl)c1)C1CC[C@@]2(O)[C@H]3Cc4ccc(O)c5c4[C@@]2(CCN3CC2CC2)C1O5. The maximum atomic E-state index is 13.9. The molecular formula is C33H39ClN2O4. The number of benzene rings is 2. The molecule has 212 valence electrons. The number of phenols is 1. The molecule has 7 rings (SSSR count). The topological polar surface area (TPSA) is 73.2 Å². The zero-order valence-corrected chi connectivity index (χ0v) is 24.1. The van der Waals surface area contributed by atoms with Gasteiger partial charge in [-0.05, 0) is 92.3 Å². The molecule has 2 aromatic rings. The number of halogens is 1. The highest BCUT2D eigenvalue weighted by molar-refractivity contribution is 6.30. The van der Waals surface area contributed by atoms with E-state index in [4.69, 9.17) is 16.3 Å². The average Bonchev–Trinajstić information content (AvgIpc) is 3.66. The molecule has 0 aromatic heterocycles. The predicted molar refractivity (Wildman–Crippen MR) is 156 cm³/mol. The molecular weight excluding hydrogens is 524 g/mol. The molecule has 2 bridgehead atoms. The Balaban J connectivity index is 1.28. The van der Waals surface area contributed by atoms with Gasteiger partial charge in [-0.15, -0.1) is 0 Å². The van der Waals surface area contributed by atoms with Crippen LogP contribution in [0.5, 0.6) is 11.5 Å². The summed E-state index contributed by atoms with van der Waals surface area (Å²) in [7, 11) is 0. The number of hydrogen-bond donors (Lipinski definition) is 2. The maximum Gasteiger partial charge on any atom is 0.246 e. The van der Waals surface area contributed by atoms with Crippen LogP contribution in [0, 0.1) is 11.8 Å². The highest BCUT2D eigenvalue weighted by atomic mass is 35.5. The van der Waals surface area contributed by atoms with Crippen LogP contribution in [0.15, 0.2) is 42.5 Å². The van der Waals surface area contributed by atoms with Crippen molar-refractivity contribution in [2.24, 2.45) is 11.8 Å². The van der Waals surface area contributed by atoms with Crippen LogP contribution in [0.2, 0.25) is 5.02 Å². The van der Waals surface area contributed by atoms with Gasteiger partial charge in [0.05, 0.1) is 17.1 Å². The Morgan fingerprint density at radius 1 is 1.23 bits per heavy atom. The smallest absolute Gasteiger partial charge is 0.246 e. The van der Waals surface area contributed by atoms with Crippen molar-refractivity contribution in [3.8, 4) is 11.5 Å². The standard InChI is InChI=1S/C33H39ClN2O4/c1-20(2)18-36(28(38)11-8-21-4-3-5-24(34)16-21)25-12-13-33(39)27-17-23-9-10-26(37)30-29(23)32(33,31(25)40-30)14-15-35(27)19-22-6-7-22/h3-5,8-11,16,20,22,25,27,31,37,39H,6-7,12-15,17-19H2,1-2H3/t25?,27-,31?,32+,33-/m1/s1. The zero-order valence-electron chi connectivity index (χ0n) is 23.4. The van der Waals surface area contributed by atoms with E-state index in [9.17, 15) is 15.0 Å². The second-order valence-corrected chi connectivity index (χ2v) is 13.6. The average molecular weight is 563 g/mol. The summed E-state index contributed by atoms with van der Waals surface area (Å²) in [6, 6.07) is 11.1. The Labute approximate surface area is 241 Å². The molecule has 3 fully saturated rings. The van der Waals surface area contributed by atoms with E-state index in [-0.39, 0.29) is 29.7 Å². The molecule has 6 nitrogen and oxygen atoms in total. The number of carbonyl (C=O) groups excluding carboxylic acids is 1. The minimum Gasteiger partial charge on any atom is -0.504 e. The van der Waals surface area contributed by atoms with Crippen LogP contribution in [-0.2, 0) is 16.6 Å². The molecule has 2 unspecified atom stereocenters. The van der Waals surface area contributed by atoms with Gasteiger partial charge in [0.2, 0.25) is 5.91 Å². The van der Waals surface area contributed by atoms with E-state index in [0.29, 0.717) is 30.2 Å². The Morgan fingerprint density at radius 2 is 2.05 bits per heavy atom. The minimum atomic E-state index is -0.962. The molecule has 2 heterocycles. The lowest BCUT2D eigenvalue weighted by Crippen LogP contribution is -2.78. The number of carbonyl (C=O) groups is 1. The van der Waals surface area contributed by atoms with Crippen LogP contribution in [0.4, 0.5) is 0 Å². The molecule has 0 radical (unpaired) electrons. The van der Waals surface area contributed by atoms with Crippen LogP contribution in [0.1, 0.15) is 62.6 Å². The molecule has 2 aliphatic heterocycles. The monoisotopic (exact) mass is 562 g/mol. The summed E-state index contributed by atoms with van der Waals surface area (Å²) in [5.41, 5.74) is 1.44. The van der Waals surface area contributed by atoms with Gasteiger partial charge < -0.3 is 19.8 Å². The molecule has 1 amide bonds. The van der Waals surface area contributed by atoms with Crippen LogP contribution in [0.3, 0.4) is 0 Å². The maximum absolute atomic E-state index is 13.9. The van der Waals surface area contributed by atoms with E-state index < -0.39 is 17.1 Å². The van der Waals surface area contributed by atoms with Crippen LogP contribution in [0.25, 0.3) is 6.08 Å². The third kappa shape index (κ3) is 3.93. The number of amides is 1. The number of piperidine rings is 1. The summed E-state index contributed by atoms with van der Waals surface area (Å²) in [6.07, 6.45) is 8.40. The van der Waals surface area contributed by atoms with Gasteiger partial charge in [-0.1, -0.05) is 43.6 Å². The van der Waals surface area contributed by atoms with Crippen molar-refractivity contribution in [2.75, 3.05) is 19.6 Å². The normalized spacial score (nSPS) is 32.3. The highest BCUT2D eigenvalue weighted by Crippen LogP contribution is 2.66. The second-order valence-electron chi connectivity index (χ2n) is 13.2. The molecule has 40 heavy (non-hydrogen) atoms. The van der Waals surface area contributed by atoms with Gasteiger partial charge in [0.25, 0.3) is 0 Å². The molecule has 3 aliphatic carbocycles. The molecule has 2 N–H and O–H groups in total. The Morgan fingerprint density at radius 3 is 2.80 bits per heavy atom. The number of aromatic hydroxyl groups is 1. The van der Waals surface area contributed by atoms with Crippen LogP contribution >= 0.6 is 11.6 Å². The fourth-order valence-electron chi connectivity index (χ4n) is 8.43. The van der Waals surface area contributed by atoms with Crippen molar-refractivity contribution in [2.45, 2.75) is 81.6 Å². The molecule has 5 atom stereocenters. The number of rotatable bonds is 7. The lowest BCUT2D eigenvalue weighted by molar-refractivity contribution is -0.201. The largest absolute Gasteiger partial charge is 0.504 e. The van der Waals surface area contributed by atoms with Crippen LogP contribution < -0.4 is 4.74 Å². The van der Waals surface area contributed by atoms with E-state index in [2.05, 4.69) is 18.7 Å². The summed E-state index contributed by atoms with van der Waals surface area (Å²) in [6.45, 7) is 6.78. The van der Waals surface area contributed by atoms with Gasteiger partial charge in [-0.25, -0.2) is 0 Å². The van der Waals surface area contributed by atoms with Crippen molar-refractivity contribution < 1.29 is 19.7 Å². The number of aliphatic hydroxyl groups is 1. The van der Waals surface area contributed by atoms with Crippen molar-refractivity contribution >= 4 is 23.6 Å². The van der Waals surface area contributed by atoms with Crippen molar-refractivity contribution in [1.82, 2.24) is 9.80 Å². The van der Waals surface area contributed by atoms with E-state index >= 15 is 0 Å². The summed E-state index contributed by atoms with van der Waals surface area (Å²) >= 11 is 6.17. The summed E-state index contributed by atoms with van der Waals surface area (Å²) < 4.78 is 6.74. The van der Waals surface area contributed by atoms with Crippen molar-refractivity contribution in [1.29, 1.82) is 0 Å². The fourth-order valence-corrected chi connectivity index (χ4v) is 8.63. The first-order valence-electron chi connectivity index (χ1n) is 14.9. The van der Waals surface area contributed by atoms with E-state index in [0.717, 1.165) is 43.0 Å². The Kier molecular flexibility index (Phi) is 6.26. The van der Waals surface area contributed by atoms with Gasteiger partial charge >= 0.3 is 0 Å². The quantitative estimate of drug-likeness (QED) is 0.455. The number of phenolic OH excluding ortho intramolecular Hbond substituents is 1. The number of ether oxygens (including phenoxy) is 1. The number of hydrogen-bond acceptors (Lipinski definition) is 5. The zero-order chi connectivity index (χ0) is 27.8. The fraction of sp³-hybridized carbons (Fsp3) is 0.545. The van der Waals surface area contributed by atoms with Gasteiger partial charge in [-0.2, -0.15) is 0 Å². The molecule has 7 heteroatoms. The second kappa shape index (κ2) is 9.50. The third-order valence-electron chi connectivity index (χ3n) is 10.2. The molecule has 2 saturated carbocycles. The Bertz CT molecular complexity index is 1370. The van der Waals surface area contributed by atoms with Crippen molar-refractivity contribution in [3.63, 3.8) is 0 Å². The van der Waals surface area contributed by atoms with Gasteiger partial charge in [0.1, 0.15) is 6.10 Å². The van der Waals surface area contributed by atoms with Gasteiger partial charge in [0.15, 0.2) is 11.5 Å². The van der Waals surface area contributed by atoms with E-state index in [1.165, 1.54) is 18.4 Å². The van der Waals surface area contributed by atoms with Crippen molar-refractivity contribution in [3.05, 3.63) is 64.2 Å².